The molecule has 0 radical (unpaired) electrons. The number of nitrogens with zero attached hydrogens (tertiary/aromatic N) is 2. The fourth-order valence-electron chi connectivity index (χ4n) is 5.03. The van der Waals surface area contributed by atoms with Gasteiger partial charge in [-0.1, -0.05) is 0 Å². The minimum absolute atomic E-state index is 0.0149. The van der Waals surface area contributed by atoms with Crippen molar-refractivity contribution in [1.82, 2.24) is 25.6 Å². The average Bonchev–Trinajstić information content (AvgIpc) is 3.39. The minimum Gasteiger partial charge on any atom is -0.492 e. The van der Waals surface area contributed by atoms with Crippen LogP contribution in [0.3, 0.4) is 0 Å². The minimum atomic E-state index is -0.183. The summed E-state index contributed by atoms with van der Waals surface area (Å²) < 4.78 is 17.6. The van der Waals surface area contributed by atoms with Gasteiger partial charge in [0.05, 0.1) is 23.3 Å². The summed E-state index contributed by atoms with van der Waals surface area (Å²) in [6, 6.07) is 3.96. The molecule has 1 aliphatic heterocycles. The van der Waals surface area contributed by atoms with Gasteiger partial charge in [0.1, 0.15) is 23.3 Å². The standard InChI is InChI=1S/C26H29N5O5/c1-14(32)30-16-4-6-17(7-5-16)31-26(33)18-10-27-24-22(18)28-12-29-23(24)21-19(34-11-15-2-3-15)8-9-20-25(21)36-13-35-20/h8-10,12,15-17,27H,2-7,11,13H2,1H3,(H,30,32)(H,31,33). The molecule has 0 saturated heterocycles. The molecule has 2 aliphatic carbocycles. The van der Waals surface area contributed by atoms with E-state index in [9.17, 15) is 9.59 Å². The molecule has 6 rings (SSSR count). The predicted octanol–water partition coefficient (Wildman–Crippen LogP) is 3.32. The number of hydrogen-bond acceptors (Lipinski definition) is 7. The van der Waals surface area contributed by atoms with E-state index in [2.05, 4.69) is 25.6 Å². The van der Waals surface area contributed by atoms with Gasteiger partial charge in [-0.15, -0.1) is 0 Å². The smallest absolute Gasteiger partial charge is 0.255 e. The van der Waals surface area contributed by atoms with Crippen LogP contribution in [0, 0.1) is 5.92 Å². The first-order chi connectivity index (χ1) is 17.6. The van der Waals surface area contributed by atoms with Gasteiger partial charge in [-0.3, -0.25) is 9.59 Å². The van der Waals surface area contributed by atoms with Crippen LogP contribution in [0.25, 0.3) is 22.3 Å². The van der Waals surface area contributed by atoms with Crippen molar-refractivity contribution < 1.29 is 23.8 Å². The molecule has 3 N–H and O–H groups in total. The molecule has 2 fully saturated rings. The summed E-state index contributed by atoms with van der Waals surface area (Å²) in [5.74, 6) is 2.27. The fraction of sp³-hybridized carbons (Fsp3) is 0.462. The van der Waals surface area contributed by atoms with Crippen LogP contribution >= 0.6 is 0 Å². The number of aromatic nitrogens is 3. The number of rotatable bonds is 7. The molecule has 2 amide bonds. The van der Waals surface area contributed by atoms with Gasteiger partial charge < -0.3 is 29.8 Å². The Labute approximate surface area is 208 Å². The van der Waals surface area contributed by atoms with Crippen LogP contribution in [0.1, 0.15) is 55.8 Å². The van der Waals surface area contributed by atoms with Crippen molar-refractivity contribution in [3.8, 4) is 28.5 Å². The van der Waals surface area contributed by atoms with Gasteiger partial charge in [-0.05, 0) is 56.6 Å². The van der Waals surface area contributed by atoms with Gasteiger partial charge in [-0.25, -0.2) is 9.97 Å². The van der Waals surface area contributed by atoms with Gasteiger partial charge in [0, 0.05) is 25.2 Å². The summed E-state index contributed by atoms with van der Waals surface area (Å²) in [5.41, 5.74) is 2.93. The van der Waals surface area contributed by atoms with Crippen molar-refractivity contribution in [2.45, 2.75) is 57.5 Å². The predicted molar refractivity (Wildman–Crippen MR) is 131 cm³/mol. The van der Waals surface area contributed by atoms with Crippen molar-refractivity contribution in [3.63, 3.8) is 0 Å². The number of fused-ring (bicyclic) bond motifs is 2. The number of nitrogens with one attached hydrogen (secondary N) is 3. The maximum atomic E-state index is 13.2. The highest BCUT2D eigenvalue weighted by atomic mass is 16.7. The Balaban J connectivity index is 1.27. The highest BCUT2D eigenvalue weighted by Crippen LogP contribution is 2.48. The van der Waals surface area contributed by atoms with E-state index in [1.54, 1.807) is 6.20 Å². The molecule has 3 heterocycles. The summed E-state index contributed by atoms with van der Waals surface area (Å²) >= 11 is 0. The zero-order chi connectivity index (χ0) is 24.6. The van der Waals surface area contributed by atoms with E-state index in [-0.39, 0.29) is 30.7 Å². The number of aromatic amines is 1. The number of benzene rings is 1. The summed E-state index contributed by atoms with van der Waals surface area (Å²) in [5, 5.41) is 6.10. The Morgan fingerprint density at radius 2 is 1.83 bits per heavy atom. The Hall–Kier alpha value is -3.82. The fourth-order valence-corrected chi connectivity index (χ4v) is 5.03. The van der Waals surface area contributed by atoms with Crippen LogP contribution in [0.15, 0.2) is 24.7 Å². The van der Waals surface area contributed by atoms with Gasteiger partial charge in [0.2, 0.25) is 12.7 Å². The topological polar surface area (TPSA) is 127 Å². The van der Waals surface area contributed by atoms with Crippen LogP contribution in [0.5, 0.6) is 17.2 Å². The summed E-state index contributed by atoms with van der Waals surface area (Å²) in [6.45, 7) is 2.31. The molecule has 0 atom stereocenters. The lowest BCUT2D eigenvalue weighted by molar-refractivity contribution is -0.119. The van der Waals surface area contributed by atoms with Crippen molar-refractivity contribution in [3.05, 3.63) is 30.2 Å². The first kappa shape index (κ1) is 22.6. The van der Waals surface area contributed by atoms with E-state index < -0.39 is 0 Å². The highest BCUT2D eigenvalue weighted by Gasteiger charge is 2.29. The summed E-state index contributed by atoms with van der Waals surface area (Å²) in [4.78, 5) is 36.7. The molecule has 0 bridgehead atoms. The maximum Gasteiger partial charge on any atom is 0.255 e. The van der Waals surface area contributed by atoms with Crippen LogP contribution in [-0.2, 0) is 4.79 Å². The molecular weight excluding hydrogens is 462 g/mol. The largest absolute Gasteiger partial charge is 0.492 e. The molecule has 1 aromatic carbocycles. The number of carbonyl (C=O) groups is 2. The molecule has 2 saturated carbocycles. The lowest BCUT2D eigenvalue weighted by atomic mass is 9.91. The van der Waals surface area contributed by atoms with Crippen molar-refractivity contribution in [2.24, 2.45) is 5.92 Å². The number of ether oxygens (including phenoxy) is 3. The molecule has 3 aromatic rings. The average molecular weight is 492 g/mol. The van der Waals surface area contributed by atoms with E-state index in [1.807, 2.05) is 12.1 Å². The highest BCUT2D eigenvalue weighted by molar-refractivity contribution is 6.08. The Kier molecular flexibility index (Phi) is 5.86. The second kappa shape index (κ2) is 9.33. The lowest BCUT2D eigenvalue weighted by Gasteiger charge is -2.29. The molecule has 3 aliphatic rings. The number of hydrogen-bond donors (Lipinski definition) is 3. The first-order valence-electron chi connectivity index (χ1n) is 12.5. The second-order valence-electron chi connectivity index (χ2n) is 9.80. The van der Waals surface area contributed by atoms with Crippen molar-refractivity contribution in [2.75, 3.05) is 13.4 Å². The van der Waals surface area contributed by atoms with Crippen LogP contribution < -0.4 is 24.8 Å². The normalized spacial score (nSPS) is 20.8. The van der Waals surface area contributed by atoms with E-state index in [1.165, 1.54) is 26.1 Å². The second-order valence-corrected chi connectivity index (χ2v) is 9.80. The molecule has 10 nitrogen and oxygen atoms in total. The monoisotopic (exact) mass is 491 g/mol. The quantitative estimate of drug-likeness (QED) is 0.463. The van der Waals surface area contributed by atoms with Crippen LogP contribution in [0.4, 0.5) is 0 Å². The van der Waals surface area contributed by atoms with Gasteiger partial charge >= 0.3 is 0 Å². The molecule has 36 heavy (non-hydrogen) atoms. The van der Waals surface area contributed by atoms with E-state index >= 15 is 0 Å². The molecular formula is C26H29N5O5. The molecule has 188 valence electrons. The maximum absolute atomic E-state index is 13.2. The van der Waals surface area contributed by atoms with Crippen molar-refractivity contribution in [1.29, 1.82) is 0 Å². The van der Waals surface area contributed by atoms with E-state index in [4.69, 9.17) is 14.2 Å². The molecule has 2 aromatic heterocycles. The zero-order valence-corrected chi connectivity index (χ0v) is 20.1. The third-order valence-electron chi connectivity index (χ3n) is 7.09. The summed E-state index contributed by atoms with van der Waals surface area (Å²) in [6.07, 6.45) is 8.81. The van der Waals surface area contributed by atoms with Crippen LogP contribution in [0.2, 0.25) is 0 Å². The van der Waals surface area contributed by atoms with E-state index in [0.29, 0.717) is 57.6 Å². The van der Waals surface area contributed by atoms with Crippen LogP contribution in [-0.4, -0.2) is 52.2 Å². The third kappa shape index (κ3) is 4.43. The molecule has 10 heteroatoms. The van der Waals surface area contributed by atoms with Gasteiger partial charge in [0.15, 0.2) is 11.5 Å². The number of H-pyrrole nitrogens is 1. The van der Waals surface area contributed by atoms with Gasteiger partial charge in [0.25, 0.3) is 5.91 Å². The number of carbonyl (C=O) groups excluding carboxylic acids is 2. The Morgan fingerprint density at radius 1 is 1.06 bits per heavy atom. The molecule has 0 spiro atoms. The van der Waals surface area contributed by atoms with E-state index in [0.717, 1.165) is 25.7 Å². The number of amides is 2. The SMILES string of the molecule is CC(=O)NC1CCC(NC(=O)c2c[nH]c3c(-c4c(OCC5CC5)ccc5c4OCO5)ncnc23)CC1. The first-order valence-corrected chi connectivity index (χ1v) is 12.5. The van der Waals surface area contributed by atoms with Crippen molar-refractivity contribution >= 4 is 22.8 Å². The van der Waals surface area contributed by atoms with Gasteiger partial charge in [-0.2, -0.15) is 0 Å². The molecule has 0 unspecified atom stereocenters. The Morgan fingerprint density at radius 3 is 2.58 bits per heavy atom. The lowest BCUT2D eigenvalue weighted by Crippen LogP contribution is -2.43. The Bertz CT molecular complexity index is 1310. The zero-order valence-electron chi connectivity index (χ0n) is 20.1. The summed E-state index contributed by atoms with van der Waals surface area (Å²) in [7, 11) is 0. The third-order valence-corrected chi connectivity index (χ3v) is 7.09.